The molecule has 2 aromatic rings. The number of carbonyl (C=O) groups is 1. The molecule has 3 rings (SSSR count). The summed E-state index contributed by atoms with van der Waals surface area (Å²) >= 11 is 1.28. The van der Waals surface area contributed by atoms with Crippen LogP contribution in [-0.4, -0.2) is 38.3 Å². The minimum Gasteiger partial charge on any atom is -0.356 e. The van der Waals surface area contributed by atoms with Gasteiger partial charge in [0.15, 0.2) is 0 Å². The van der Waals surface area contributed by atoms with Crippen molar-refractivity contribution in [2.75, 3.05) is 19.6 Å². The number of carbonyl (C=O) groups excluding carboxylic acids is 1. The van der Waals surface area contributed by atoms with Gasteiger partial charge in [0.2, 0.25) is 5.91 Å². The van der Waals surface area contributed by atoms with Crippen LogP contribution in [-0.2, 0) is 14.8 Å². The predicted octanol–water partition coefficient (Wildman–Crippen LogP) is 2.05. The van der Waals surface area contributed by atoms with Crippen molar-refractivity contribution in [3.63, 3.8) is 0 Å². The van der Waals surface area contributed by atoms with Crippen molar-refractivity contribution in [1.29, 1.82) is 0 Å². The molecule has 22 heavy (non-hydrogen) atoms. The fraction of sp³-hybridized carbons (Fsp3) is 0.400. The number of rotatable bonds is 4. The molecule has 1 atom stereocenters. The molecule has 1 aliphatic rings. The Hall–Kier alpha value is -1.44. The number of hydrogen-bond donors (Lipinski definition) is 1. The smallest absolute Gasteiger partial charge is 0.252 e. The maximum absolute atomic E-state index is 12.7. The number of sulfonamides is 1. The van der Waals surface area contributed by atoms with Gasteiger partial charge in [-0.25, -0.2) is 8.42 Å². The zero-order valence-corrected chi connectivity index (χ0v) is 13.9. The lowest BCUT2D eigenvalue weighted by Gasteiger charge is -2.15. The van der Waals surface area contributed by atoms with Gasteiger partial charge < -0.3 is 5.32 Å². The summed E-state index contributed by atoms with van der Waals surface area (Å²) in [5, 5.41) is 3.70. The standard InChI is InChI=1S/C15H18N2O3S2/c1-2-16-15(18)12-7-8-17(10-12)22(19,20)14-9-11-5-3-4-6-13(11)21-14/h3-6,9,12H,2,7-8,10H2,1H3,(H,16,18). The van der Waals surface area contributed by atoms with Crippen LogP contribution in [0.5, 0.6) is 0 Å². The Morgan fingerprint density at radius 2 is 2.18 bits per heavy atom. The number of nitrogens with one attached hydrogen (secondary N) is 1. The maximum Gasteiger partial charge on any atom is 0.252 e. The quantitative estimate of drug-likeness (QED) is 0.928. The molecule has 0 saturated carbocycles. The molecule has 1 aromatic heterocycles. The van der Waals surface area contributed by atoms with Crippen LogP contribution >= 0.6 is 11.3 Å². The summed E-state index contributed by atoms with van der Waals surface area (Å²) in [5.41, 5.74) is 0. The first-order valence-electron chi connectivity index (χ1n) is 7.29. The topological polar surface area (TPSA) is 66.5 Å². The molecule has 1 fully saturated rings. The SMILES string of the molecule is CCNC(=O)C1CCN(S(=O)(=O)c2cc3ccccc3s2)C1. The number of benzene rings is 1. The first-order valence-corrected chi connectivity index (χ1v) is 9.54. The molecule has 2 heterocycles. The van der Waals surface area contributed by atoms with E-state index in [9.17, 15) is 13.2 Å². The van der Waals surface area contributed by atoms with Gasteiger partial charge in [0.1, 0.15) is 4.21 Å². The van der Waals surface area contributed by atoms with E-state index in [1.165, 1.54) is 15.6 Å². The highest BCUT2D eigenvalue weighted by Gasteiger charge is 2.36. The highest BCUT2D eigenvalue weighted by molar-refractivity contribution is 7.91. The molecule has 0 spiro atoms. The van der Waals surface area contributed by atoms with Crippen LogP contribution in [0.2, 0.25) is 0 Å². The molecule has 0 bridgehead atoms. The third-order valence-corrected chi connectivity index (χ3v) is 7.30. The van der Waals surface area contributed by atoms with Gasteiger partial charge in [-0.3, -0.25) is 4.79 Å². The largest absolute Gasteiger partial charge is 0.356 e. The van der Waals surface area contributed by atoms with E-state index in [0.29, 0.717) is 23.7 Å². The van der Waals surface area contributed by atoms with Crippen molar-refractivity contribution >= 4 is 37.4 Å². The van der Waals surface area contributed by atoms with E-state index >= 15 is 0 Å². The van der Waals surface area contributed by atoms with Gasteiger partial charge >= 0.3 is 0 Å². The Morgan fingerprint density at radius 1 is 1.41 bits per heavy atom. The minimum absolute atomic E-state index is 0.0588. The van der Waals surface area contributed by atoms with Crippen LogP contribution in [0, 0.1) is 5.92 Å². The molecule has 118 valence electrons. The average molecular weight is 338 g/mol. The van der Waals surface area contributed by atoms with E-state index in [0.717, 1.165) is 10.1 Å². The predicted molar refractivity (Wildman–Crippen MR) is 87.4 cm³/mol. The zero-order valence-electron chi connectivity index (χ0n) is 12.3. The molecule has 1 N–H and O–H groups in total. The minimum atomic E-state index is -3.51. The van der Waals surface area contributed by atoms with Crippen molar-refractivity contribution in [3.8, 4) is 0 Å². The maximum atomic E-state index is 12.7. The van der Waals surface area contributed by atoms with Crippen molar-refractivity contribution in [2.45, 2.75) is 17.6 Å². The molecular formula is C15H18N2O3S2. The average Bonchev–Trinajstić information content (AvgIpc) is 3.15. The number of thiophene rings is 1. The Morgan fingerprint density at radius 3 is 2.91 bits per heavy atom. The molecule has 0 aliphatic carbocycles. The Bertz CT molecular complexity index is 765. The van der Waals surface area contributed by atoms with Crippen LogP contribution < -0.4 is 5.32 Å². The Labute approximate surface area is 134 Å². The van der Waals surface area contributed by atoms with Crippen LogP contribution in [0.4, 0.5) is 0 Å². The lowest BCUT2D eigenvalue weighted by Crippen LogP contribution is -2.34. The number of amides is 1. The van der Waals surface area contributed by atoms with Gasteiger partial charge in [-0.2, -0.15) is 4.31 Å². The zero-order chi connectivity index (χ0) is 15.7. The van der Waals surface area contributed by atoms with E-state index in [1.54, 1.807) is 6.07 Å². The first-order chi connectivity index (χ1) is 10.5. The van der Waals surface area contributed by atoms with E-state index in [4.69, 9.17) is 0 Å². The summed E-state index contributed by atoms with van der Waals surface area (Å²) in [7, 11) is -3.51. The lowest BCUT2D eigenvalue weighted by molar-refractivity contribution is -0.124. The fourth-order valence-corrected chi connectivity index (χ4v) is 5.74. The van der Waals surface area contributed by atoms with Gasteiger partial charge in [-0.05, 0) is 30.9 Å². The summed E-state index contributed by atoms with van der Waals surface area (Å²) in [6.07, 6.45) is 0.579. The van der Waals surface area contributed by atoms with Crippen LogP contribution in [0.15, 0.2) is 34.5 Å². The van der Waals surface area contributed by atoms with Crippen molar-refractivity contribution in [3.05, 3.63) is 30.3 Å². The van der Waals surface area contributed by atoms with E-state index in [1.807, 2.05) is 31.2 Å². The lowest BCUT2D eigenvalue weighted by atomic mass is 10.1. The third kappa shape index (κ3) is 2.76. The number of nitrogens with zero attached hydrogens (tertiary/aromatic N) is 1. The summed E-state index contributed by atoms with van der Waals surface area (Å²) in [6, 6.07) is 9.34. The van der Waals surface area contributed by atoms with Gasteiger partial charge in [-0.15, -0.1) is 11.3 Å². The second-order valence-electron chi connectivity index (χ2n) is 5.35. The van der Waals surface area contributed by atoms with Crippen molar-refractivity contribution in [2.24, 2.45) is 5.92 Å². The molecule has 7 heteroatoms. The summed E-state index contributed by atoms with van der Waals surface area (Å²) in [6.45, 7) is 3.09. The highest BCUT2D eigenvalue weighted by atomic mass is 32.2. The summed E-state index contributed by atoms with van der Waals surface area (Å²) in [5.74, 6) is -0.305. The normalized spacial score (nSPS) is 19.6. The molecule has 1 aliphatic heterocycles. The first kappa shape index (κ1) is 15.5. The highest BCUT2D eigenvalue weighted by Crippen LogP contribution is 2.32. The number of fused-ring (bicyclic) bond motifs is 1. The van der Waals surface area contributed by atoms with Crippen LogP contribution in [0.1, 0.15) is 13.3 Å². The molecule has 5 nitrogen and oxygen atoms in total. The summed E-state index contributed by atoms with van der Waals surface area (Å²) in [4.78, 5) is 11.9. The Kier molecular flexibility index (Phi) is 4.20. The van der Waals surface area contributed by atoms with Gasteiger partial charge in [0, 0.05) is 24.3 Å². The molecule has 1 aromatic carbocycles. The fourth-order valence-electron chi connectivity index (χ4n) is 2.69. The second-order valence-corrected chi connectivity index (χ2v) is 8.60. The van der Waals surface area contributed by atoms with Gasteiger partial charge in [-0.1, -0.05) is 18.2 Å². The molecule has 1 unspecified atom stereocenters. The van der Waals surface area contributed by atoms with Gasteiger partial charge in [0.25, 0.3) is 10.0 Å². The van der Waals surface area contributed by atoms with Crippen molar-refractivity contribution < 1.29 is 13.2 Å². The van der Waals surface area contributed by atoms with E-state index < -0.39 is 10.0 Å². The van der Waals surface area contributed by atoms with Crippen LogP contribution in [0.25, 0.3) is 10.1 Å². The van der Waals surface area contributed by atoms with Crippen molar-refractivity contribution in [1.82, 2.24) is 9.62 Å². The van der Waals surface area contributed by atoms with E-state index in [2.05, 4.69) is 5.32 Å². The molecule has 1 amide bonds. The third-order valence-electron chi connectivity index (χ3n) is 3.87. The second kappa shape index (κ2) is 5.98. The van der Waals surface area contributed by atoms with E-state index in [-0.39, 0.29) is 18.4 Å². The molecular weight excluding hydrogens is 320 g/mol. The van der Waals surface area contributed by atoms with Gasteiger partial charge in [0.05, 0.1) is 5.92 Å². The molecule has 0 radical (unpaired) electrons. The van der Waals surface area contributed by atoms with Crippen LogP contribution in [0.3, 0.4) is 0 Å². The molecule has 1 saturated heterocycles. The number of hydrogen-bond acceptors (Lipinski definition) is 4. The Balaban J connectivity index is 1.83. The summed E-state index contributed by atoms with van der Waals surface area (Å²) < 4.78 is 28.2. The monoisotopic (exact) mass is 338 g/mol.